The first-order valence-corrected chi connectivity index (χ1v) is 8.88. The fourth-order valence-electron chi connectivity index (χ4n) is 3.23. The number of ether oxygens (including phenoxy) is 1. The smallest absolute Gasteiger partial charge is 0.234 e. The molecule has 1 aromatic carbocycles. The van der Waals surface area contributed by atoms with Crippen molar-refractivity contribution in [1.29, 1.82) is 0 Å². The molecule has 7 heteroatoms. The molecule has 2 heterocycles. The number of aromatic nitrogens is 1. The number of pyridine rings is 1. The number of nitrogens with zero attached hydrogens (tertiary/aromatic N) is 3. The number of hydrogen-bond acceptors (Lipinski definition) is 5. The van der Waals surface area contributed by atoms with Gasteiger partial charge in [0, 0.05) is 25.7 Å². The van der Waals surface area contributed by atoms with Gasteiger partial charge in [-0.25, -0.2) is 0 Å². The molecule has 2 amide bonds. The molecule has 1 aromatic heterocycles. The minimum Gasteiger partial charge on any atom is -0.495 e. The number of carbonyl (C=O) groups is 2. The van der Waals surface area contributed by atoms with Crippen LogP contribution in [0.3, 0.4) is 0 Å². The topological polar surface area (TPSA) is 74.8 Å². The summed E-state index contributed by atoms with van der Waals surface area (Å²) >= 11 is 0. The van der Waals surface area contributed by atoms with E-state index in [9.17, 15) is 9.59 Å². The molecule has 1 aliphatic heterocycles. The highest BCUT2D eigenvalue weighted by atomic mass is 16.5. The lowest BCUT2D eigenvalue weighted by Gasteiger charge is -2.20. The highest BCUT2D eigenvalue weighted by Crippen LogP contribution is 2.30. The number of likely N-dealkylation sites (N-methyl/N-ethyl adjacent to an activating group) is 1. The Hall–Kier alpha value is -2.93. The van der Waals surface area contributed by atoms with Crippen LogP contribution in [0.25, 0.3) is 0 Å². The second kappa shape index (κ2) is 8.64. The van der Waals surface area contributed by atoms with Crippen molar-refractivity contribution < 1.29 is 14.3 Å². The van der Waals surface area contributed by atoms with E-state index in [-0.39, 0.29) is 30.8 Å². The van der Waals surface area contributed by atoms with Crippen LogP contribution in [-0.2, 0) is 16.1 Å². The van der Waals surface area contributed by atoms with Gasteiger partial charge in [0.05, 0.1) is 31.1 Å². The van der Waals surface area contributed by atoms with Gasteiger partial charge in [0.1, 0.15) is 5.75 Å². The van der Waals surface area contributed by atoms with Crippen LogP contribution in [0.1, 0.15) is 12.1 Å². The molecule has 0 spiro atoms. The molecule has 27 heavy (non-hydrogen) atoms. The second-order valence-corrected chi connectivity index (χ2v) is 6.64. The third kappa shape index (κ3) is 4.83. The van der Waals surface area contributed by atoms with Crippen LogP contribution in [0, 0.1) is 0 Å². The largest absolute Gasteiger partial charge is 0.495 e. The number of benzene rings is 1. The normalized spacial score (nSPS) is 16.6. The molecule has 3 rings (SSSR count). The van der Waals surface area contributed by atoms with E-state index in [0.29, 0.717) is 18.8 Å². The van der Waals surface area contributed by atoms with E-state index in [4.69, 9.17) is 4.74 Å². The van der Waals surface area contributed by atoms with E-state index in [1.54, 1.807) is 18.2 Å². The Bertz CT molecular complexity index is 797. The maximum atomic E-state index is 12.4. The summed E-state index contributed by atoms with van der Waals surface area (Å²) in [4.78, 5) is 32.6. The maximum Gasteiger partial charge on any atom is 0.234 e. The van der Waals surface area contributed by atoms with Crippen LogP contribution in [0.2, 0.25) is 0 Å². The first kappa shape index (κ1) is 18.8. The zero-order valence-electron chi connectivity index (χ0n) is 15.6. The van der Waals surface area contributed by atoms with Crippen molar-refractivity contribution in [3.63, 3.8) is 0 Å². The van der Waals surface area contributed by atoms with Gasteiger partial charge in [-0.1, -0.05) is 18.2 Å². The summed E-state index contributed by atoms with van der Waals surface area (Å²) in [6, 6.07) is 12.9. The van der Waals surface area contributed by atoms with Gasteiger partial charge in [0.15, 0.2) is 0 Å². The van der Waals surface area contributed by atoms with Crippen molar-refractivity contribution in [3.05, 3.63) is 54.4 Å². The monoisotopic (exact) mass is 368 g/mol. The Kier molecular flexibility index (Phi) is 6.03. The summed E-state index contributed by atoms with van der Waals surface area (Å²) in [6.45, 7) is 1.27. The minimum absolute atomic E-state index is 0.0216. The minimum atomic E-state index is -0.210. The Balaban J connectivity index is 1.54. The Labute approximate surface area is 158 Å². The van der Waals surface area contributed by atoms with Crippen LogP contribution in [-0.4, -0.2) is 55.0 Å². The third-order valence-corrected chi connectivity index (χ3v) is 4.44. The number of nitrogens with one attached hydrogen (secondary N) is 1. The highest BCUT2D eigenvalue weighted by Gasteiger charge is 2.33. The Morgan fingerprint density at radius 3 is 2.81 bits per heavy atom. The molecule has 142 valence electrons. The van der Waals surface area contributed by atoms with E-state index in [1.165, 1.54) is 0 Å². The molecule has 1 saturated heterocycles. The van der Waals surface area contributed by atoms with Gasteiger partial charge in [-0.3, -0.25) is 19.5 Å². The number of amides is 2. The van der Waals surface area contributed by atoms with Crippen LogP contribution < -0.4 is 15.0 Å². The van der Waals surface area contributed by atoms with Gasteiger partial charge >= 0.3 is 0 Å². The summed E-state index contributed by atoms with van der Waals surface area (Å²) in [5.74, 6) is 0.521. The number of methoxy groups -OCH3 is 1. The first-order chi connectivity index (χ1) is 13.1. The molecule has 0 radical (unpaired) electrons. The predicted octanol–water partition coefficient (Wildman–Crippen LogP) is 1.44. The summed E-state index contributed by atoms with van der Waals surface area (Å²) < 4.78 is 5.34. The first-order valence-electron chi connectivity index (χ1n) is 8.88. The lowest BCUT2D eigenvalue weighted by molar-refractivity contribution is -0.122. The van der Waals surface area contributed by atoms with Crippen molar-refractivity contribution in [2.24, 2.45) is 0 Å². The van der Waals surface area contributed by atoms with Crippen molar-refractivity contribution in [2.75, 3.05) is 32.1 Å². The van der Waals surface area contributed by atoms with Gasteiger partial charge in [-0.15, -0.1) is 0 Å². The number of hydrogen-bond donors (Lipinski definition) is 1. The quantitative estimate of drug-likeness (QED) is 0.801. The van der Waals surface area contributed by atoms with E-state index in [0.717, 1.165) is 11.4 Å². The van der Waals surface area contributed by atoms with Crippen LogP contribution in [0.4, 0.5) is 5.69 Å². The van der Waals surface area contributed by atoms with Crippen molar-refractivity contribution in [3.8, 4) is 5.75 Å². The summed E-state index contributed by atoms with van der Waals surface area (Å²) in [6.07, 6.45) is 2.02. The van der Waals surface area contributed by atoms with E-state index in [1.807, 2.05) is 54.4 Å². The van der Waals surface area contributed by atoms with Gasteiger partial charge in [0.25, 0.3) is 0 Å². The molecular weight excluding hydrogens is 344 g/mol. The molecule has 2 aromatic rings. The van der Waals surface area contributed by atoms with Gasteiger partial charge < -0.3 is 15.0 Å². The molecule has 0 bridgehead atoms. The third-order valence-electron chi connectivity index (χ3n) is 4.44. The SMILES string of the molecule is COc1ccccc1N1C[C@H](NC(=O)CN(C)Cc2ccccn2)CC1=O. The molecule has 1 aliphatic rings. The van der Waals surface area contributed by atoms with E-state index < -0.39 is 0 Å². The summed E-state index contributed by atoms with van der Waals surface area (Å²) in [5.41, 5.74) is 1.64. The lowest BCUT2D eigenvalue weighted by atomic mass is 10.2. The van der Waals surface area contributed by atoms with E-state index >= 15 is 0 Å². The average molecular weight is 368 g/mol. The van der Waals surface area contributed by atoms with Crippen LogP contribution >= 0.6 is 0 Å². The van der Waals surface area contributed by atoms with Gasteiger partial charge in [-0.05, 0) is 31.3 Å². The van der Waals surface area contributed by atoms with Gasteiger partial charge in [-0.2, -0.15) is 0 Å². The Morgan fingerprint density at radius 1 is 1.30 bits per heavy atom. The highest BCUT2D eigenvalue weighted by molar-refractivity contribution is 5.98. The second-order valence-electron chi connectivity index (χ2n) is 6.64. The Morgan fingerprint density at radius 2 is 2.07 bits per heavy atom. The van der Waals surface area contributed by atoms with Crippen LogP contribution in [0.15, 0.2) is 48.7 Å². The number of rotatable bonds is 7. The van der Waals surface area contributed by atoms with E-state index in [2.05, 4.69) is 10.3 Å². The molecule has 1 atom stereocenters. The number of anilines is 1. The molecule has 0 aliphatic carbocycles. The molecule has 0 saturated carbocycles. The zero-order valence-corrected chi connectivity index (χ0v) is 15.6. The number of carbonyl (C=O) groups excluding carboxylic acids is 2. The van der Waals surface area contributed by atoms with Gasteiger partial charge in [0.2, 0.25) is 11.8 Å². The molecule has 1 N–H and O–H groups in total. The summed E-state index contributed by atoms with van der Waals surface area (Å²) in [7, 11) is 3.45. The average Bonchev–Trinajstić information content (AvgIpc) is 3.02. The zero-order chi connectivity index (χ0) is 19.2. The fourth-order valence-corrected chi connectivity index (χ4v) is 3.23. The predicted molar refractivity (Wildman–Crippen MR) is 102 cm³/mol. The number of para-hydroxylation sites is 2. The van der Waals surface area contributed by atoms with Crippen molar-refractivity contribution in [1.82, 2.24) is 15.2 Å². The van der Waals surface area contributed by atoms with Crippen LogP contribution in [0.5, 0.6) is 5.75 Å². The molecule has 1 fully saturated rings. The lowest BCUT2D eigenvalue weighted by Crippen LogP contribution is -2.42. The molecular formula is C20H24N4O3. The fraction of sp³-hybridized carbons (Fsp3) is 0.350. The van der Waals surface area contributed by atoms with Crippen molar-refractivity contribution in [2.45, 2.75) is 19.0 Å². The molecule has 7 nitrogen and oxygen atoms in total. The standard InChI is InChI=1S/C20H24N4O3/c1-23(12-15-7-5-6-10-21-15)14-19(25)22-16-11-20(26)24(13-16)17-8-3-4-9-18(17)27-2/h3-10,16H,11-14H2,1-2H3,(H,22,25)/t16-/m1/s1. The maximum absolute atomic E-state index is 12.4. The summed E-state index contributed by atoms with van der Waals surface area (Å²) in [5, 5.41) is 2.96. The molecule has 0 unspecified atom stereocenters. The van der Waals surface area contributed by atoms with Crippen molar-refractivity contribution >= 4 is 17.5 Å².